The molecule has 1 aromatic rings. The van der Waals surface area contributed by atoms with Crippen LogP contribution in [0.4, 0.5) is 5.95 Å². The zero-order valence-corrected chi connectivity index (χ0v) is 14.7. The van der Waals surface area contributed by atoms with Crippen molar-refractivity contribution in [3.05, 3.63) is 18.5 Å². The molecular formula is C18H31N5. The first-order valence-electron chi connectivity index (χ1n) is 9.06. The van der Waals surface area contributed by atoms with Crippen LogP contribution in [0.15, 0.2) is 18.5 Å². The Balaban J connectivity index is 1.50. The number of rotatable bonds is 5. The summed E-state index contributed by atoms with van der Waals surface area (Å²) < 4.78 is 0. The highest BCUT2D eigenvalue weighted by Crippen LogP contribution is 2.40. The molecule has 1 aromatic heterocycles. The third-order valence-electron chi connectivity index (χ3n) is 5.48. The van der Waals surface area contributed by atoms with Gasteiger partial charge in [-0.3, -0.25) is 0 Å². The quantitative estimate of drug-likeness (QED) is 0.831. The Hall–Kier alpha value is -1.20. The summed E-state index contributed by atoms with van der Waals surface area (Å²) >= 11 is 0. The molecule has 0 unspecified atom stereocenters. The molecule has 0 atom stereocenters. The van der Waals surface area contributed by atoms with E-state index in [0.717, 1.165) is 19.0 Å². The molecule has 0 N–H and O–H groups in total. The molecule has 0 amide bonds. The van der Waals surface area contributed by atoms with Crippen molar-refractivity contribution in [3.63, 3.8) is 0 Å². The fourth-order valence-electron chi connectivity index (χ4n) is 4.16. The van der Waals surface area contributed by atoms with Crippen LogP contribution in [0.3, 0.4) is 0 Å². The molecule has 5 nitrogen and oxygen atoms in total. The van der Waals surface area contributed by atoms with Gasteiger partial charge < -0.3 is 14.7 Å². The van der Waals surface area contributed by atoms with Crippen LogP contribution in [-0.2, 0) is 0 Å². The Morgan fingerprint density at radius 3 is 2.52 bits per heavy atom. The molecule has 3 heterocycles. The first-order valence-corrected chi connectivity index (χ1v) is 9.06. The van der Waals surface area contributed by atoms with Crippen molar-refractivity contribution in [1.29, 1.82) is 0 Å². The van der Waals surface area contributed by atoms with Crippen LogP contribution < -0.4 is 4.90 Å². The second kappa shape index (κ2) is 7.58. The molecule has 2 fully saturated rings. The van der Waals surface area contributed by atoms with E-state index in [-0.39, 0.29) is 0 Å². The van der Waals surface area contributed by atoms with Crippen LogP contribution >= 0.6 is 0 Å². The third-order valence-corrected chi connectivity index (χ3v) is 5.48. The van der Waals surface area contributed by atoms with Gasteiger partial charge in [0.05, 0.1) is 0 Å². The van der Waals surface area contributed by atoms with Crippen molar-refractivity contribution in [2.75, 3.05) is 58.3 Å². The van der Waals surface area contributed by atoms with Gasteiger partial charge in [0, 0.05) is 32.0 Å². The van der Waals surface area contributed by atoms with E-state index in [4.69, 9.17) is 0 Å². The Kier molecular flexibility index (Phi) is 5.49. The van der Waals surface area contributed by atoms with Crippen molar-refractivity contribution >= 4 is 5.95 Å². The molecule has 0 radical (unpaired) electrons. The molecule has 0 aliphatic carbocycles. The van der Waals surface area contributed by atoms with Gasteiger partial charge in [-0.05, 0) is 77.3 Å². The van der Waals surface area contributed by atoms with E-state index in [9.17, 15) is 0 Å². The minimum Gasteiger partial charge on any atom is -0.341 e. The lowest BCUT2D eigenvalue weighted by Crippen LogP contribution is -2.50. The van der Waals surface area contributed by atoms with Gasteiger partial charge in [0.15, 0.2) is 0 Å². The van der Waals surface area contributed by atoms with E-state index in [1.807, 2.05) is 18.5 Å². The molecule has 2 aliphatic heterocycles. The summed E-state index contributed by atoms with van der Waals surface area (Å²) in [6.45, 7) is 7.25. The maximum Gasteiger partial charge on any atom is 0.225 e. The molecule has 2 aliphatic rings. The van der Waals surface area contributed by atoms with Crippen molar-refractivity contribution in [2.24, 2.45) is 5.41 Å². The highest BCUT2D eigenvalue weighted by molar-refractivity contribution is 5.29. The molecular weight excluding hydrogens is 286 g/mol. The standard InChI is InChI=1S/C18H31N5/c1-21(2)11-5-13-22-12-3-6-18(16-22)7-14-23(15-8-18)17-19-9-4-10-20-17/h4,9-10H,3,5-8,11-16H2,1-2H3. The Bertz CT molecular complexity index is 468. The minimum atomic E-state index is 0.543. The van der Waals surface area contributed by atoms with Gasteiger partial charge in [-0.2, -0.15) is 0 Å². The number of anilines is 1. The summed E-state index contributed by atoms with van der Waals surface area (Å²) in [6.07, 6.45) is 10.3. The zero-order valence-electron chi connectivity index (χ0n) is 14.7. The number of piperidine rings is 2. The lowest BCUT2D eigenvalue weighted by atomic mass is 9.72. The van der Waals surface area contributed by atoms with E-state index in [1.54, 1.807) is 0 Å². The summed E-state index contributed by atoms with van der Waals surface area (Å²) in [5, 5.41) is 0. The van der Waals surface area contributed by atoms with Crippen LogP contribution in [0.5, 0.6) is 0 Å². The predicted octanol–water partition coefficient (Wildman–Crippen LogP) is 2.11. The van der Waals surface area contributed by atoms with E-state index < -0.39 is 0 Å². The summed E-state index contributed by atoms with van der Waals surface area (Å²) in [7, 11) is 4.33. The van der Waals surface area contributed by atoms with Gasteiger partial charge in [-0.25, -0.2) is 9.97 Å². The fourth-order valence-corrected chi connectivity index (χ4v) is 4.16. The van der Waals surface area contributed by atoms with Crippen LogP contribution in [0, 0.1) is 5.41 Å². The minimum absolute atomic E-state index is 0.543. The molecule has 5 heteroatoms. The molecule has 2 saturated heterocycles. The number of likely N-dealkylation sites (tertiary alicyclic amines) is 1. The monoisotopic (exact) mass is 317 g/mol. The second-order valence-corrected chi connectivity index (χ2v) is 7.57. The maximum absolute atomic E-state index is 4.41. The molecule has 3 rings (SSSR count). The molecule has 0 bridgehead atoms. The maximum atomic E-state index is 4.41. The number of hydrogen-bond acceptors (Lipinski definition) is 5. The summed E-state index contributed by atoms with van der Waals surface area (Å²) in [6, 6.07) is 1.89. The lowest BCUT2D eigenvalue weighted by molar-refractivity contribution is 0.0631. The van der Waals surface area contributed by atoms with Crippen molar-refractivity contribution in [2.45, 2.75) is 32.1 Å². The molecule has 23 heavy (non-hydrogen) atoms. The first-order chi connectivity index (χ1) is 11.2. The third kappa shape index (κ3) is 4.42. The Labute approximate surface area is 140 Å². The van der Waals surface area contributed by atoms with Crippen LogP contribution in [0.25, 0.3) is 0 Å². The van der Waals surface area contributed by atoms with Gasteiger partial charge in [0.1, 0.15) is 0 Å². The van der Waals surface area contributed by atoms with Crippen molar-refractivity contribution in [3.8, 4) is 0 Å². The highest BCUT2D eigenvalue weighted by atomic mass is 15.3. The Morgan fingerprint density at radius 2 is 1.83 bits per heavy atom. The molecule has 1 spiro atoms. The Morgan fingerprint density at radius 1 is 1.09 bits per heavy atom. The average molecular weight is 317 g/mol. The predicted molar refractivity (Wildman–Crippen MR) is 94.8 cm³/mol. The summed E-state index contributed by atoms with van der Waals surface area (Å²) in [5.74, 6) is 0.904. The van der Waals surface area contributed by atoms with Gasteiger partial charge in [-0.1, -0.05) is 0 Å². The highest BCUT2D eigenvalue weighted by Gasteiger charge is 2.38. The van der Waals surface area contributed by atoms with Crippen molar-refractivity contribution in [1.82, 2.24) is 19.8 Å². The number of aromatic nitrogens is 2. The zero-order chi connectivity index (χ0) is 16.1. The number of hydrogen-bond donors (Lipinski definition) is 0. The SMILES string of the molecule is CN(C)CCCN1CCCC2(CCN(c3ncccn3)CC2)C1. The molecule has 0 saturated carbocycles. The van der Waals surface area contributed by atoms with E-state index in [2.05, 4.69) is 38.8 Å². The van der Waals surface area contributed by atoms with E-state index in [1.165, 1.54) is 58.3 Å². The fraction of sp³-hybridized carbons (Fsp3) is 0.778. The topological polar surface area (TPSA) is 35.5 Å². The summed E-state index contributed by atoms with van der Waals surface area (Å²) in [4.78, 5) is 16.2. The number of nitrogens with zero attached hydrogens (tertiary/aromatic N) is 5. The average Bonchev–Trinajstić information content (AvgIpc) is 2.56. The van der Waals surface area contributed by atoms with Crippen molar-refractivity contribution < 1.29 is 0 Å². The van der Waals surface area contributed by atoms with Gasteiger partial charge in [0.25, 0.3) is 0 Å². The van der Waals surface area contributed by atoms with E-state index >= 15 is 0 Å². The van der Waals surface area contributed by atoms with Gasteiger partial charge >= 0.3 is 0 Å². The van der Waals surface area contributed by atoms with Gasteiger partial charge in [0.2, 0.25) is 5.95 Å². The normalized spacial score (nSPS) is 22.0. The molecule has 0 aromatic carbocycles. The summed E-state index contributed by atoms with van der Waals surface area (Å²) in [5.41, 5.74) is 0.543. The second-order valence-electron chi connectivity index (χ2n) is 7.57. The first kappa shape index (κ1) is 16.7. The van der Waals surface area contributed by atoms with Crippen LogP contribution in [-0.4, -0.2) is 73.1 Å². The van der Waals surface area contributed by atoms with Gasteiger partial charge in [-0.15, -0.1) is 0 Å². The largest absolute Gasteiger partial charge is 0.341 e. The molecule has 128 valence electrons. The smallest absolute Gasteiger partial charge is 0.225 e. The van der Waals surface area contributed by atoms with Crippen LogP contribution in [0.1, 0.15) is 32.1 Å². The van der Waals surface area contributed by atoms with Crippen LogP contribution in [0.2, 0.25) is 0 Å². The van der Waals surface area contributed by atoms with E-state index in [0.29, 0.717) is 5.41 Å². The lowest BCUT2D eigenvalue weighted by Gasteiger charge is -2.47.